The predicted molar refractivity (Wildman–Crippen MR) is 231 cm³/mol. The molecule has 0 saturated carbocycles. The van der Waals surface area contributed by atoms with Crippen molar-refractivity contribution in [2.45, 2.75) is 32.6 Å². The number of nitrogens with one attached hydrogen (secondary N) is 3. The molecular formula is C47H42N4O13. The minimum absolute atomic E-state index is 0.00414. The van der Waals surface area contributed by atoms with Gasteiger partial charge in [0.15, 0.2) is 40.3 Å². The van der Waals surface area contributed by atoms with Gasteiger partial charge in [-0.25, -0.2) is 4.79 Å². The number of ether oxygens (including phenoxy) is 4. The minimum atomic E-state index is -1.42. The van der Waals surface area contributed by atoms with Crippen LogP contribution in [0.15, 0.2) is 91.0 Å². The number of carboxylic acids is 1. The molecule has 328 valence electrons. The first-order valence-electron chi connectivity index (χ1n) is 19.7. The van der Waals surface area contributed by atoms with Crippen molar-refractivity contribution in [3.05, 3.63) is 124 Å². The fourth-order valence-corrected chi connectivity index (χ4v) is 6.87. The SMILES string of the molecule is COc1c(NC(=O)c2ccc(NC(=O)c3ccc(NC(=O)[C@H](CC#N)CC(=O)c4ccc(CC(=O)C(C)Cc5ccc6c(c5)OCO6)cc4)cc3)c(OC)c2O)ccc(C(=O)O)c1O. The molecule has 0 fully saturated rings. The van der Waals surface area contributed by atoms with Crippen molar-refractivity contribution in [2.75, 3.05) is 37.0 Å². The lowest BCUT2D eigenvalue weighted by atomic mass is 9.91. The fraction of sp³-hybridized carbons (Fsp3) is 0.213. The lowest BCUT2D eigenvalue weighted by molar-refractivity contribution is -0.121. The Morgan fingerprint density at radius 1 is 0.719 bits per heavy atom. The second-order valence-corrected chi connectivity index (χ2v) is 14.7. The highest BCUT2D eigenvalue weighted by Crippen LogP contribution is 2.41. The average molecular weight is 871 g/mol. The smallest absolute Gasteiger partial charge is 0.339 e. The molecule has 1 heterocycles. The highest BCUT2D eigenvalue weighted by atomic mass is 16.7. The first-order valence-corrected chi connectivity index (χ1v) is 19.7. The molecule has 0 aliphatic carbocycles. The lowest BCUT2D eigenvalue weighted by Gasteiger charge is -2.16. The molecule has 17 heteroatoms. The Bertz CT molecular complexity index is 2670. The molecule has 0 radical (unpaired) electrons. The second-order valence-electron chi connectivity index (χ2n) is 14.7. The number of ketones is 2. The molecule has 0 saturated heterocycles. The van der Waals surface area contributed by atoms with Gasteiger partial charge in [0, 0.05) is 42.0 Å². The van der Waals surface area contributed by atoms with Crippen molar-refractivity contribution in [3.8, 4) is 40.6 Å². The monoisotopic (exact) mass is 870 g/mol. The first-order chi connectivity index (χ1) is 30.7. The Morgan fingerprint density at radius 3 is 1.92 bits per heavy atom. The molecule has 5 aromatic rings. The minimum Gasteiger partial charge on any atom is -0.504 e. The molecule has 2 atom stereocenters. The molecule has 6 rings (SSSR count). The predicted octanol–water partition coefficient (Wildman–Crippen LogP) is 6.78. The quantitative estimate of drug-likeness (QED) is 0.0496. The summed E-state index contributed by atoms with van der Waals surface area (Å²) in [6, 6.07) is 24.6. The van der Waals surface area contributed by atoms with Gasteiger partial charge in [-0.05, 0) is 78.2 Å². The Morgan fingerprint density at radius 2 is 1.30 bits per heavy atom. The number of anilines is 3. The van der Waals surface area contributed by atoms with Crippen LogP contribution < -0.4 is 34.9 Å². The number of carboxylic acid groups (broad SMARTS) is 1. The molecule has 17 nitrogen and oxygen atoms in total. The standard InChI is InChI=1S/C47H42N4O13/c1-25(20-27-6-17-38-39(22-27)64-24-63-38)36(52)21-26-4-7-28(8-5-26)37(53)23-30(18-19-48)45(57)49-31-11-9-29(10-12-31)44(56)50-34-15-13-32(40(54)42(34)61-2)46(58)51-35-16-14-33(47(59)60)41(55)43(35)62-3/h4-17,22,25,30,54-55H,18,20-21,23-24H2,1-3H3,(H,49,57)(H,50,56)(H,51,58)(H,59,60)/t25?,30-/m1/s1. The Labute approximate surface area is 366 Å². The van der Waals surface area contributed by atoms with Crippen molar-refractivity contribution < 1.29 is 63.0 Å². The van der Waals surface area contributed by atoms with E-state index in [1.807, 2.05) is 31.2 Å². The van der Waals surface area contributed by atoms with Gasteiger partial charge in [-0.1, -0.05) is 37.3 Å². The zero-order valence-corrected chi connectivity index (χ0v) is 34.7. The van der Waals surface area contributed by atoms with E-state index in [4.69, 9.17) is 18.9 Å². The summed E-state index contributed by atoms with van der Waals surface area (Å²) in [7, 11) is 2.37. The van der Waals surface area contributed by atoms with Crippen LogP contribution in [0.3, 0.4) is 0 Å². The molecule has 0 spiro atoms. The van der Waals surface area contributed by atoms with Crippen LogP contribution in [0, 0.1) is 23.2 Å². The van der Waals surface area contributed by atoms with Crippen LogP contribution in [0.5, 0.6) is 34.5 Å². The van der Waals surface area contributed by atoms with Crippen LogP contribution in [-0.4, -0.2) is 71.6 Å². The summed E-state index contributed by atoms with van der Waals surface area (Å²) in [5.41, 5.74) is 1.58. The fourth-order valence-electron chi connectivity index (χ4n) is 6.87. The third kappa shape index (κ3) is 10.4. The maximum Gasteiger partial charge on any atom is 0.339 e. The van der Waals surface area contributed by atoms with E-state index in [-0.39, 0.29) is 83.2 Å². The number of methoxy groups -OCH3 is 2. The van der Waals surface area contributed by atoms with Crippen molar-refractivity contribution in [1.29, 1.82) is 5.26 Å². The van der Waals surface area contributed by atoms with E-state index in [9.17, 15) is 49.3 Å². The number of amides is 3. The number of hydrogen-bond acceptors (Lipinski definition) is 13. The Balaban J connectivity index is 1.02. The number of aromatic carboxylic acids is 1. The second kappa shape index (κ2) is 20.0. The van der Waals surface area contributed by atoms with Crippen LogP contribution in [0.1, 0.15) is 72.3 Å². The molecule has 0 aromatic heterocycles. The number of Topliss-reactive ketones (excluding diaryl/α,β-unsaturated/α-hetero) is 2. The highest BCUT2D eigenvalue weighted by Gasteiger charge is 2.26. The number of carbonyl (C=O) groups is 6. The van der Waals surface area contributed by atoms with E-state index in [0.717, 1.165) is 24.3 Å². The third-order valence-electron chi connectivity index (χ3n) is 10.4. The summed E-state index contributed by atoms with van der Waals surface area (Å²) in [5.74, 6) is -5.73. The Kier molecular flexibility index (Phi) is 14.1. The van der Waals surface area contributed by atoms with Gasteiger partial charge in [-0.15, -0.1) is 0 Å². The third-order valence-corrected chi connectivity index (χ3v) is 10.4. The van der Waals surface area contributed by atoms with Gasteiger partial charge in [0.2, 0.25) is 12.7 Å². The number of benzene rings is 5. The number of fused-ring (bicyclic) bond motifs is 1. The van der Waals surface area contributed by atoms with Crippen LogP contribution in [0.4, 0.5) is 17.1 Å². The number of phenolic OH excluding ortho intramolecular Hbond substituents is 1. The van der Waals surface area contributed by atoms with Crippen LogP contribution in [-0.2, 0) is 22.4 Å². The van der Waals surface area contributed by atoms with E-state index in [1.54, 1.807) is 24.3 Å². The molecule has 1 aliphatic heterocycles. The van der Waals surface area contributed by atoms with Crippen molar-refractivity contribution >= 4 is 52.3 Å². The summed E-state index contributed by atoms with van der Waals surface area (Å²) in [6.07, 6.45) is 0.211. The summed E-state index contributed by atoms with van der Waals surface area (Å²) in [5, 5.41) is 47.7. The van der Waals surface area contributed by atoms with Gasteiger partial charge in [-0.2, -0.15) is 5.26 Å². The molecular weight excluding hydrogens is 829 g/mol. The molecule has 0 bridgehead atoms. The van der Waals surface area contributed by atoms with Crippen LogP contribution in [0.2, 0.25) is 0 Å². The number of nitrogens with zero attached hydrogens (tertiary/aromatic N) is 1. The largest absolute Gasteiger partial charge is 0.504 e. The summed E-state index contributed by atoms with van der Waals surface area (Å²) >= 11 is 0. The number of aromatic hydroxyl groups is 2. The number of carbonyl (C=O) groups excluding carboxylic acids is 5. The summed E-state index contributed by atoms with van der Waals surface area (Å²) in [6.45, 7) is 2.03. The first kappa shape index (κ1) is 45.1. The van der Waals surface area contributed by atoms with Gasteiger partial charge >= 0.3 is 5.97 Å². The number of hydrogen-bond donors (Lipinski definition) is 6. The van der Waals surface area contributed by atoms with Crippen LogP contribution in [0.25, 0.3) is 0 Å². The highest BCUT2D eigenvalue weighted by molar-refractivity contribution is 6.10. The zero-order chi connectivity index (χ0) is 46.1. The van der Waals surface area contributed by atoms with E-state index in [2.05, 4.69) is 16.0 Å². The van der Waals surface area contributed by atoms with E-state index in [0.29, 0.717) is 23.5 Å². The number of nitriles is 1. The lowest BCUT2D eigenvalue weighted by Crippen LogP contribution is -2.25. The maximum absolute atomic E-state index is 13.3. The topological polar surface area (TPSA) is 260 Å². The van der Waals surface area contributed by atoms with Gasteiger partial charge < -0.3 is 50.2 Å². The summed E-state index contributed by atoms with van der Waals surface area (Å²) < 4.78 is 21.1. The maximum atomic E-state index is 13.3. The molecule has 6 N–H and O–H groups in total. The van der Waals surface area contributed by atoms with Gasteiger partial charge in [0.05, 0.1) is 43.1 Å². The van der Waals surface area contributed by atoms with Crippen LogP contribution >= 0.6 is 0 Å². The molecule has 1 aliphatic rings. The van der Waals surface area contributed by atoms with Crippen molar-refractivity contribution in [3.63, 3.8) is 0 Å². The van der Waals surface area contributed by atoms with Gasteiger partial charge in [0.25, 0.3) is 11.8 Å². The summed E-state index contributed by atoms with van der Waals surface area (Å²) in [4.78, 5) is 77.3. The molecule has 3 amide bonds. The van der Waals surface area contributed by atoms with Crippen molar-refractivity contribution in [1.82, 2.24) is 0 Å². The van der Waals surface area contributed by atoms with E-state index < -0.39 is 46.7 Å². The number of rotatable bonds is 18. The Hall–Kier alpha value is -8.39. The average Bonchev–Trinajstić information content (AvgIpc) is 3.75. The normalized spacial score (nSPS) is 12.2. The zero-order valence-electron chi connectivity index (χ0n) is 34.7. The van der Waals surface area contributed by atoms with Gasteiger partial charge in [0.1, 0.15) is 11.3 Å². The van der Waals surface area contributed by atoms with Gasteiger partial charge in [-0.3, -0.25) is 24.0 Å². The van der Waals surface area contributed by atoms with Crippen molar-refractivity contribution in [2.24, 2.45) is 11.8 Å². The molecule has 1 unspecified atom stereocenters. The van der Waals surface area contributed by atoms with E-state index in [1.165, 1.54) is 49.6 Å². The van der Waals surface area contributed by atoms with E-state index >= 15 is 0 Å². The molecule has 5 aromatic carbocycles. The number of phenols is 2. The molecule has 64 heavy (non-hydrogen) atoms.